The van der Waals surface area contributed by atoms with Crippen molar-refractivity contribution in [3.63, 3.8) is 0 Å². The highest BCUT2D eigenvalue weighted by Crippen LogP contribution is 2.24. The van der Waals surface area contributed by atoms with Crippen LogP contribution in [-0.4, -0.2) is 38.5 Å². The fraction of sp³-hybridized carbons (Fsp3) is 0.412. The van der Waals surface area contributed by atoms with Gasteiger partial charge < -0.3 is 4.90 Å². The Kier molecular flexibility index (Phi) is 4.59. The molecule has 0 aliphatic heterocycles. The Morgan fingerprint density at radius 1 is 1.33 bits per heavy atom. The summed E-state index contributed by atoms with van der Waals surface area (Å²) in [5, 5.41) is 10.9. The first-order valence-corrected chi connectivity index (χ1v) is 8.12. The molecule has 1 aliphatic carbocycles. The van der Waals surface area contributed by atoms with Gasteiger partial charge in [-0.15, -0.1) is 0 Å². The van der Waals surface area contributed by atoms with Gasteiger partial charge >= 0.3 is 6.03 Å². The molecule has 0 saturated heterocycles. The predicted octanol–water partition coefficient (Wildman–Crippen LogP) is 3.69. The van der Waals surface area contributed by atoms with E-state index >= 15 is 0 Å². The molecule has 1 aromatic carbocycles. The molecule has 0 spiro atoms. The van der Waals surface area contributed by atoms with Gasteiger partial charge in [0, 0.05) is 37.0 Å². The molecular formula is C17H20N4O3. The molecule has 2 aromatic rings. The summed E-state index contributed by atoms with van der Waals surface area (Å²) in [6.45, 7) is 0. The number of benzene rings is 1. The topological polar surface area (TPSA) is 81.3 Å². The summed E-state index contributed by atoms with van der Waals surface area (Å²) in [4.78, 5) is 29.0. The molecule has 0 bridgehead atoms. The third-order valence-electron chi connectivity index (χ3n) is 4.58. The van der Waals surface area contributed by atoms with Gasteiger partial charge in [-0.05, 0) is 12.8 Å². The lowest BCUT2D eigenvalue weighted by Crippen LogP contribution is -2.40. The maximum atomic E-state index is 12.6. The number of nitrogens with zero attached hydrogens (tertiary/aromatic N) is 4. The van der Waals surface area contributed by atoms with E-state index in [1.807, 2.05) is 7.05 Å². The van der Waals surface area contributed by atoms with Gasteiger partial charge in [0.2, 0.25) is 0 Å². The lowest BCUT2D eigenvalue weighted by atomic mass is 9.95. The molecule has 1 heterocycles. The number of imidazole rings is 1. The summed E-state index contributed by atoms with van der Waals surface area (Å²) in [7, 11) is 1.82. The van der Waals surface area contributed by atoms with Crippen LogP contribution < -0.4 is 0 Å². The minimum atomic E-state index is -0.442. The zero-order valence-corrected chi connectivity index (χ0v) is 13.6. The van der Waals surface area contributed by atoms with Crippen molar-refractivity contribution in [2.24, 2.45) is 0 Å². The molecule has 24 heavy (non-hydrogen) atoms. The minimum absolute atomic E-state index is 0.00713. The van der Waals surface area contributed by atoms with Crippen LogP contribution in [0.3, 0.4) is 0 Å². The number of carbonyl (C=O) groups excluding carboxylic acids is 1. The average molecular weight is 328 g/mol. The number of hydrogen-bond donors (Lipinski definition) is 0. The van der Waals surface area contributed by atoms with Crippen molar-refractivity contribution in [2.45, 2.75) is 38.1 Å². The largest absolute Gasteiger partial charge is 0.329 e. The van der Waals surface area contributed by atoms with Gasteiger partial charge in [-0.1, -0.05) is 31.4 Å². The number of nitro groups is 1. The van der Waals surface area contributed by atoms with E-state index in [1.165, 1.54) is 29.4 Å². The first-order chi connectivity index (χ1) is 11.6. The Labute approximate surface area is 140 Å². The highest BCUT2D eigenvalue weighted by molar-refractivity contribution is 5.78. The van der Waals surface area contributed by atoms with Gasteiger partial charge in [0.25, 0.3) is 5.69 Å². The molecule has 1 amide bonds. The van der Waals surface area contributed by atoms with Crippen molar-refractivity contribution in [3.05, 3.63) is 46.9 Å². The Morgan fingerprint density at radius 2 is 2.08 bits per heavy atom. The molecule has 0 atom stereocenters. The molecule has 126 valence electrons. The average Bonchev–Trinajstić information content (AvgIpc) is 3.11. The Bertz CT molecular complexity index is 750. The Morgan fingerprint density at radius 3 is 2.79 bits per heavy atom. The Balaban J connectivity index is 1.78. The van der Waals surface area contributed by atoms with Crippen LogP contribution in [0.2, 0.25) is 0 Å². The zero-order valence-electron chi connectivity index (χ0n) is 13.6. The van der Waals surface area contributed by atoms with Gasteiger partial charge in [-0.2, -0.15) is 0 Å². The molecule has 7 heteroatoms. The molecule has 1 saturated carbocycles. The molecule has 7 nitrogen and oxygen atoms in total. The van der Waals surface area contributed by atoms with Crippen molar-refractivity contribution >= 4 is 11.7 Å². The second-order valence-electron chi connectivity index (χ2n) is 6.16. The monoisotopic (exact) mass is 328 g/mol. The second-order valence-corrected chi connectivity index (χ2v) is 6.16. The Hall–Kier alpha value is -2.70. The highest BCUT2D eigenvalue weighted by Gasteiger charge is 2.23. The minimum Gasteiger partial charge on any atom is -0.324 e. The molecule has 1 aliphatic rings. The van der Waals surface area contributed by atoms with Gasteiger partial charge in [-0.25, -0.2) is 9.78 Å². The summed E-state index contributed by atoms with van der Waals surface area (Å²) in [6.07, 6.45) is 8.72. The van der Waals surface area contributed by atoms with Crippen molar-refractivity contribution in [2.75, 3.05) is 7.05 Å². The third-order valence-corrected chi connectivity index (χ3v) is 4.58. The normalized spacial score (nSPS) is 15.2. The van der Waals surface area contributed by atoms with Crippen LogP contribution in [0.4, 0.5) is 10.5 Å². The number of non-ortho nitro benzene ring substituents is 1. The summed E-state index contributed by atoms with van der Waals surface area (Å²) in [6, 6.07) is 6.41. The van der Waals surface area contributed by atoms with Crippen LogP contribution >= 0.6 is 0 Å². The summed E-state index contributed by atoms with van der Waals surface area (Å²) >= 11 is 0. The van der Waals surface area contributed by atoms with Crippen LogP contribution in [0.5, 0.6) is 0 Å². The lowest BCUT2D eigenvalue weighted by molar-refractivity contribution is -0.384. The van der Waals surface area contributed by atoms with Crippen molar-refractivity contribution in [1.82, 2.24) is 14.5 Å². The van der Waals surface area contributed by atoms with E-state index < -0.39 is 4.92 Å². The van der Waals surface area contributed by atoms with Crippen molar-refractivity contribution in [1.29, 1.82) is 0 Å². The lowest BCUT2D eigenvalue weighted by Gasteiger charge is -2.31. The van der Waals surface area contributed by atoms with Gasteiger partial charge in [0.15, 0.2) is 0 Å². The molecule has 0 radical (unpaired) electrons. The number of amides is 1. The fourth-order valence-corrected chi connectivity index (χ4v) is 3.16. The molecule has 1 aromatic heterocycles. The van der Waals surface area contributed by atoms with Crippen molar-refractivity contribution < 1.29 is 9.72 Å². The second kappa shape index (κ2) is 6.82. The van der Waals surface area contributed by atoms with E-state index in [0.717, 1.165) is 25.7 Å². The van der Waals surface area contributed by atoms with Crippen LogP contribution in [0.15, 0.2) is 36.8 Å². The number of nitro benzene ring substituents is 1. The zero-order chi connectivity index (χ0) is 17.1. The van der Waals surface area contributed by atoms with Gasteiger partial charge in [0.1, 0.15) is 6.33 Å². The highest BCUT2D eigenvalue weighted by atomic mass is 16.6. The fourth-order valence-electron chi connectivity index (χ4n) is 3.16. The van der Waals surface area contributed by atoms with E-state index in [2.05, 4.69) is 4.98 Å². The van der Waals surface area contributed by atoms with E-state index in [0.29, 0.717) is 11.3 Å². The number of rotatable bonds is 3. The summed E-state index contributed by atoms with van der Waals surface area (Å²) in [5.74, 6) is 0. The molecular weight excluding hydrogens is 308 g/mol. The van der Waals surface area contributed by atoms with Crippen LogP contribution in [-0.2, 0) is 0 Å². The van der Waals surface area contributed by atoms with E-state index in [4.69, 9.17) is 0 Å². The summed E-state index contributed by atoms with van der Waals surface area (Å²) < 4.78 is 1.45. The molecule has 1 fully saturated rings. The number of aromatic nitrogens is 2. The van der Waals surface area contributed by atoms with E-state index in [-0.39, 0.29) is 17.8 Å². The van der Waals surface area contributed by atoms with Gasteiger partial charge in [-0.3, -0.25) is 14.7 Å². The van der Waals surface area contributed by atoms with Gasteiger partial charge in [0.05, 0.1) is 10.6 Å². The quantitative estimate of drug-likeness (QED) is 0.635. The van der Waals surface area contributed by atoms with E-state index in [1.54, 1.807) is 23.2 Å². The van der Waals surface area contributed by atoms with Crippen molar-refractivity contribution in [3.8, 4) is 11.3 Å². The number of hydrogen-bond acceptors (Lipinski definition) is 4. The SMILES string of the molecule is CN(C(=O)n1cnc(-c2cccc([N+](=O)[O-])c2)c1)C1CCCCC1. The standard InChI is InChI=1S/C17H20N4O3/c1-19(14-7-3-2-4-8-14)17(22)20-11-16(18-12-20)13-6-5-9-15(10-13)21(23)24/h5-6,9-12,14H,2-4,7-8H2,1H3. The maximum Gasteiger partial charge on any atom is 0.329 e. The third kappa shape index (κ3) is 3.29. The molecule has 0 N–H and O–H groups in total. The maximum absolute atomic E-state index is 12.6. The van der Waals surface area contributed by atoms with Crippen LogP contribution in [0, 0.1) is 10.1 Å². The molecule has 3 rings (SSSR count). The van der Waals surface area contributed by atoms with E-state index in [9.17, 15) is 14.9 Å². The first kappa shape index (κ1) is 16.2. The smallest absolute Gasteiger partial charge is 0.324 e. The number of carbonyl (C=O) groups is 1. The van der Waals surface area contributed by atoms with Crippen LogP contribution in [0.25, 0.3) is 11.3 Å². The molecule has 0 unspecified atom stereocenters. The first-order valence-electron chi connectivity index (χ1n) is 8.12. The van der Waals surface area contributed by atoms with Crippen LogP contribution in [0.1, 0.15) is 32.1 Å². The summed E-state index contributed by atoms with van der Waals surface area (Å²) in [5.41, 5.74) is 1.17. The predicted molar refractivity (Wildman–Crippen MR) is 89.7 cm³/mol.